The molecule has 1 aromatic rings. The lowest BCUT2D eigenvalue weighted by Gasteiger charge is -2.20. The summed E-state index contributed by atoms with van der Waals surface area (Å²) >= 11 is 0. The second-order valence-electron chi connectivity index (χ2n) is 3.02. The number of anilines is 1. The van der Waals surface area contributed by atoms with E-state index in [4.69, 9.17) is 10.0 Å². The molecule has 5 heteroatoms. The van der Waals surface area contributed by atoms with Crippen LogP contribution >= 0.6 is 0 Å². The third kappa shape index (κ3) is 2.46. The second-order valence-corrected chi connectivity index (χ2v) is 3.02. The van der Waals surface area contributed by atoms with Gasteiger partial charge in [-0.1, -0.05) is 0 Å². The average molecular weight is 194 g/mol. The fourth-order valence-electron chi connectivity index (χ4n) is 1.35. The Bertz CT molecular complexity index is 290. The number of hydrogen-bond acceptors (Lipinski definition) is 4. The van der Waals surface area contributed by atoms with Gasteiger partial charge in [-0.2, -0.15) is 0 Å². The Kier molecular flexibility index (Phi) is 3.91. The molecule has 76 valence electrons. The molecule has 0 atom stereocenters. The van der Waals surface area contributed by atoms with Crippen LogP contribution in [0.3, 0.4) is 0 Å². The zero-order chi connectivity index (χ0) is 10.6. The van der Waals surface area contributed by atoms with Gasteiger partial charge in [0.2, 0.25) is 0 Å². The Morgan fingerprint density at radius 3 is 2.43 bits per heavy atom. The van der Waals surface area contributed by atoms with Crippen LogP contribution < -0.4 is 10.4 Å². The van der Waals surface area contributed by atoms with Crippen molar-refractivity contribution in [2.75, 3.05) is 18.0 Å². The molecular weight excluding hydrogens is 179 g/mol. The summed E-state index contributed by atoms with van der Waals surface area (Å²) in [6.45, 7) is 5.85. The van der Waals surface area contributed by atoms with E-state index in [1.165, 1.54) is 6.20 Å². The van der Waals surface area contributed by atoms with Crippen LogP contribution in [-0.2, 0) is 0 Å². The molecule has 0 spiro atoms. The summed E-state index contributed by atoms with van der Waals surface area (Å²) in [6.07, 6.45) is 3.18. The van der Waals surface area contributed by atoms with Gasteiger partial charge in [-0.05, 0) is 19.9 Å². The molecule has 0 saturated carbocycles. The summed E-state index contributed by atoms with van der Waals surface area (Å²) in [5, 5.41) is 17.9. The van der Waals surface area contributed by atoms with Gasteiger partial charge in [-0.25, -0.2) is 0 Å². The molecule has 0 unspecified atom stereocenters. The maximum atomic E-state index is 8.97. The first-order valence-corrected chi connectivity index (χ1v) is 4.75. The van der Waals surface area contributed by atoms with Crippen molar-refractivity contribution in [1.82, 2.24) is 4.98 Å². The quantitative estimate of drug-likeness (QED) is 0.640. The van der Waals surface area contributed by atoms with Crippen LogP contribution in [-0.4, -0.2) is 35.2 Å². The first-order valence-electron chi connectivity index (χ1n) is 4.75. The zero-order valence-corrected chi connectivity index (χ0v) is 8.51. The summed E-state index contributed by atoms with van der Waals surface area (Å²) in [7, 11) is -1.45. The maximum absolute atomic E-state index is 8.97. The van der Waals surface area contributed by atoms with Crippen molar-refractivity contribution >= 4 is 18.3 Å². The van der Waals surface area contributed by atoms with Gasteiger partial charge < -0.3 is 14.9 Å². The Morgan fingerprint density at radius 1 is 1.29 bits per heavy atom. The Labute approximate surface area is 84.4 Å². The molecule has 0 aliphatic rings. The highest BCUT2D eigenvalue weighted by Gasteiger charge is 2.12. The molecule has 0 amide bonds. The molecule has 14 heavy (non-hydrogen) atoms. The summed E-state index contributed by atoms with van der Waals surface area (Å²) in [4.78, 5) is 6.06. The molecule has 4 nitrogen and oxygen atoms in total. The van der Waals surface area contributed by atoms with Crippen molar-refractivity contribution < 1.29 is 10.0 Å². The topological polar surface area (TPSA) is 56.6 Å². The van der Waals surface area contributed by atoms with E-state index in [0.29, 0.717) is 5.46 Å². The highest BCUT2D eigenvalue weighted by Crippen LogP contribution is 2.09. The molecule has 1 rings (SSSR count). The molecular formula is C9H15BN2O2. The third-order valence-corrected chi connectivity index (χ3v) is 2.17. The Morgan fingerprint density at radius 2 is 1.93 bits per heavy atom. The largest absolute Gasteiger partial charge is 0.490 e. The fraction of sp³-hybridized carbons (Fsp3) is 0.444. The van der Waals surface area contributed by atoms with Crippen LogP contribution in [0.1, 0.15) is 13.8 Å². The minimum absolute atomic E-state index is 0.425. The van der Waals surface area contributed by atoms with Crippen molar-refractivity contribution in [3.05, 3.63) is 18.5 Å². The molecule has 0 saturated heterocycles. The van der Waals surface area contributed by atoms with Crippen LogP contribution in [0, 0.1) is 0 Å². The fourth-order valence-corrected chi connectivity index (χ4v) is 1.35. The first-order chi connectivity index (χ1) is 6.69. The predicted molar refractivity (Wildman–Crippen MR) is 57.6 cm³/mol. The van der Waals surface area contributed by atoms with Gasteiger partial charge in [0.1, 0.15) is 0 Å². The molecule has 0 fully saturated rings. The van der Waals surface area contributed by atoms with E-state index in [-0.39, 0.29) is 0 Å². The lowest BCUT2D eigenvalue weighted by atomic mass is 9.81. The lowest BCUT2D eigenvalue weighted by Crippen LogP contribution is -2.32. The van der Waals surface area contributed by atoms with Crippen LogP contribution in [0.5, 0.6) is 0 Å². The molecule has 0 aromatic carbocycles. The second kappa shape index (κ2) is 4.98. The van der Waals surface area contributed by atoms with Gasteiger partial charge in [-0.3, -0.25) is 4.98 Å². The van der Waals surface area contributed by atoms with E-state index < -0.39 is 7.12 Å². The highest BCUT2D eigenvalue weighted by atomic mass is 16.4. The van der Waals surface area contributed by atoms with E-state index in [9.17, 15) is 0 Å². The van der Waals surface area contributed by atoms with Crippen LogP contribution in [0.25, 0.3) is 0 Å². The number of hydrogen-bond donors (Lipinski definition) is 2. The molecule has 0 bridgehead atoms. The summed E-state index contributed by atoms with van der Waals surface area (Å²) in [5.74, 6) is 0. The number of nitrogens with zero attached hydrogens (tertiary/aromatic N) is 2. The Balaban J connectivity index is 2.92. The van der Waals surface area contributed by atoms with E-state index in [0.717, 1.165) is 18.8 Å². The maximum Gasteiger partial charge on any atom is 0.490 e. The molecule has 0 radical (unpaired) electrons. The minimum atomic E-state index is -1.45. The zero-order valence-electron chi connectivity index (χ0n) is 8.51. The average Bonchev–Trinajstić information content (AvgIpc) is 2.20. The molecule has 0 aliphatic heterocycles. The predicted octanol–water partition coefficient (Wildman–Crippen LogP) is -0.392. The van der Waals surface area contributed by atoms with Gasteiger partial charge in [0.05, 0.1) is 11.9 Å². The lowest BCUT2D eigenvalue weighted by molar-refractivity contribution is 0.425. The van der Waals surface area contributed by atoms with Gasteiger partial charge in [0.15, 0.2) is 0 Å². The summed E-state index contributed by atoms with van der Waals surface area (Å²) < 4.78 is 0. The highest BCUT2D eigenvalue weighted by molar-refractivity contribution is 6.58. The van der Waals surface area contributed by atoms with Crippen LogP contribution in [0.2, 0.25) is 0 Å². The van der Waals surface area contributed by atoms with Crippen LogP contribution in [0.15, 0.2) is 18.5 Å². The van der Waals surface area contributed by atoms with Crippen molar-refractivity contribution in [2.24, 2.45) is 0 Å². The summed E-state index contributed by atoms with van der Waals surface area (Å²) in [6, 6.07) is 1.74. The van der Waals surface area contributed by atoms with E-state index in [1.54, 1.807) is 12.3 Å². The van der Waals surface area contributed by atoms with Crippen molar-refractivity contribution in [1.29, 1.82) is 0 Å². The van der Waals surface area contributed by atoms with E-state index in [2.05, 4.69) is 9.88 Å². The van der Waals surface area contributed by atoms with E-state index in [1.807, 2.05) is 13.8 Å². The van der Waals surface area contributed by atoms with Gasteiger partial charge in [0.25, 0.3) is 0 Å². The number of aromatic nitrogens is 1. The number of rotatable bonds is 4. The Hall–Kier alpha value is -1.07. The molecule has 1 aromatic heterocycles. The SMILES string of the molecule is CCN(CC)c1cncc(B(O)O)c1. The van der Waals surface area contributed by atoms with Gasteiger partial charge in [0, 0.05) is 24.7 Å². The first kappa shape index (κ1) is 11.0. The van der Waals surface area contributed by atoms with Crippen molar-refractivity contribution in [2.45, 2.75) is 13.8 Å². The van der Waals surface area contributed by atoms with Crippen molar-refractivity contribution in [3.8, 4) is 0 Å². The molecule has 0 aliphatic carbocycles. The molecule has 2 N–H and O–H groups in total. The van der Waals surface area contributed by atoms with E-state index >= 15 is 0 Å². The van der Waals surface area contributed by atoms with Crippen molar-refractivity contribution in [3.63, 3.8) is 0 Å². The summed E-state index contributed by atoms with van der Waals surface area (Å²) in [5.41, 5.74) is 1.34. The number of pyridine rings is 1. The standard InChI is InChI=1S/C9H15BN2O2/c1-3-12(4-2)9-5-8(10(13)14)6-11-7-9/h5-7,13-14H,3-4H2,1-2H3. The van der Waals surface area contributed by atoms with Gasteiger partial charge in [-0.15, -0.1) is 0 Å². The minimum Gasteiger partial charge on any atom is -0.423 e. The third-order valence-electron chi connectivity index (χ3n) is 2.17. The molecule has 1 heterocycles. The van der Waals surface area contributed by atoms with Crippen LogP contribution in [0.4, 0.5) is 5.69 Å². The monoisotopic (exact) mass is 194 g/mol. The normalized spacial score (nSPS) is 10.0. The van der Waals surface area contributed by atoms with Gasteiger partial charge >= 0.3 is 7.12 Å². The smallest absolute Gasteiger partial charge is 0.423 e.